The Labute approximate surface area is 148 Å². The van der Waals surface area contributed by atoms with Crippen molar-refractivity contribution >= 4 is 34.6 Å². The van der Waals surface area contributed by atoms with Gasteiger partial charge in [0, 0.05) is 41.0 Å². The molecule has 0 fully saturated rings. The van der Waals surface area contributed by atoms with Crippen LogP contribution in [0.2, 0.25) is 0 Å². The molecule has 2 amide bonds. The summed E-state index contributed by atoms with van der Waals surface area (Å²) in [6.45, 7) is 2.44. The van der Waals surface area contributed by atoms with E-state index in [0.29, 0.717) is 6.54 Å². The lowest BCUT2D eigenvalue weighted by Gasteiger charge is -2.25. The Morgan fingerprint density at radius 1 is 1.25 bits per heavy atom. The van der Waals surface area contributed by atoms with Crippen molar-refractivity contribution in [1.82, 2.24) is 19.5 Å². The van der Waals surface area contributed by atoms with Gasteiger partial charge in [0.2, 0.25) is 0 Å². The topological polar surface area (TPSA) is 62.2 Å². The molecule has 24 heavy (non-hydrogen) atoms. The Morgan fingerprint density at radius 3 is 2.71 bits per heavy atom. The second-order valence-electron chi connectivity index (χ2n) is 5.50. The number of hydrogen-bond donors (Lipinski definition) is 0. The van der Waals surface area contributed by atoms with Gasteiger partial charge in [-0.05, 0) is 36.7 Å². The lowest BCUT2D eigenvalue weighted by Crippen LogP contribution is -2.39. The molecule has 0 aliphatic rings. The van der Waals surface area contributed by atoms with E-state index in [1.807, 2.05) is 17.6 Å². The van der Waals surface area contributed by atoms with Gasteiger partial charge in [0.15, 0.2) is 0 Å². The molecular weight excluding hydrogens is 342 g/mol. The maximum absolute atomic E-state index is 12.6. The van der Waals surface area contributed by atoms with E-state index in [4.69, 9.17) is 0 Å². The first kappa shape index (κ1) is 16.5. The molecule has 6 nitrogen and oxygen atoms in total. The summed E-state index contributed by atoms with van der Waals surface area (Å²) < 4.78 is 3.87. The molecule has 0 aliphatic carbocycles. The van der Waals surface area contributed by atoms with E-state index >= 15 is 0 Å². The van der Waals surface area contributed by atoms with Crippen LogP contribution in [0.15, 0.2) is 36.0 Å². The standard InChI is InChI=1S/C16H17N5OS2/c1-11-4-5-15(24-11)12-6-14(8-17-7-12)21(16(22)20(2)3)9-13-10-23-19-18-13/h4-8,10H,9H2,1-3H3. The minimum Gasteiger partial charge on any atom is -0.330 e. The molecule has 0 aromatic carbocycles. The highest BCUT2D eigenvalue weighted by Crippen LogP contribution is 2.30. The lowest BCUT2D eigenvalue weighted by atomic mass is 10.2. The van der Waals surface area contributed by atoms with E-state index in [0.717, 1.165) is 21.8 Å². The van der Waals surface area contributed by atoms with Crippen LogP contribution in [0.5, 0.6) is 0 Å². The number of urea groups is 1. The van der Waals surface area contributed by atoms with E-state index in [1.54, 1.807) is 41.4 Å². The highest BCUT2D eigenvalue weighted by molar-refractivity contribution is 7.15. The zero-order valence-electron chi connectivity index (χ0n) is 13.6. The molecule has 0 spiro atoms. The number of hydrogen-bond acceptors (Lipinski definition) is 6. The van der Waals surface area contributed by atoms with Gasteiger partial charge in [-0.25, -0.2) is 4.79 Å². The number of thiophene rings is 1. The van der Waals surface area contributed by atoms with Gasteiger partial charge in [-0.3, -0.25) is 9.88 Å². The largest absolute Gasteiger partial charge is 0.330 e. The number of anilines is 1. The fourth-order valence-corrected chi connectivity index (χ4v) is 3.52. The number of carbonyl (C=O) groups excluding carboxylic acids is 1. The molecule has 3 heterocycles. The summed E-state index contributed by atoms with van der Waals surface area (Å²) in [5.41, 5.74) is 2.50. The van der Waals surface area contributed by atoms with Crippen LogP contribution in [-0.2, 0) is 6.54 Å². The molecule has 0 aliphatic heterocycles. The molecule has 0 saturated carbocycles. The molecule has 0 unspecified atom stereocenters. The third-order valence-corrected chi connectivity index (χ3v) is 5.00. The van der Waals surface area contributed by atoms with E-state index in [1.165, 1.54) is 16.4 Å². The number of nitrogens with zero attached hydrogens (tertiary/aromatic N) is 5. The Kier molecular flexibility index (Phi) is 4.86. The SMILES string of the molecule is Cc1ccc(-c2cncc(N(Cc3csnn3)C(=O)N(C)C)c2)s1. The molecule has 3 aromatic heterocycles. The fourth-order valence-electron chi connectivity index (χ4n) is 2.23. The predicted molar refractivity (Wildman–Crippen MR) is 97.5 cm³/mol. The summed E-state index contributed by atoms with van der Waals surface area (Å²) in [5.74, 6) is 0. The number of amides is 2. The maximum Gasteiger partial charge on any atom is 0.324 e. The van der Waals surface area contributed by atoms with Crippen molar-refractivity contribution in [2.45, 2.75) is 13.5 Å². The summed E-state index contributed by atoms with van der Waals surface area (Å²) in [6, 6.07) is 6.02. The zero-order chi connectivity index (χ0) is 17.1. The summed E-state index contributed by atoms with van der Waals surface area (Å²) in [6.07, 6.45) is 3.52. The van der Waals surface area contributed by atoms with Crippen molar-refractivity contribution in [2.24, 2.45) is 0 Å². The molecule has 3 aromatic rings. The summed E-state index contributed by atoms with van der Waals surface area (Å²) in [5, 5.41) is 5.89. The maximum atomic E-state index is 12.6. The first-order valence-electron chi connectivity index (χ1n) is 7.31. The van der Waals surface area contributed by atoms with Crippen molar-refractivity contribution in [2.75, 3.05) is 19.0 Å². The number of pyridine rings is 1. The van der Waals surface area contributed by atoms with E-state index in [2.05, 4.69) is 33.6 Å². The Hall–Kier alpha value is -2.32. The van der Waals surface area contributed by atoms with Crippen LogP contribution < -0.4 is 4.90 Å². The molecular formula is C16H17N5OS2. The second kappa shape index (κ2) is 7.06. The van der Waals surface area contributed by atoms with E-state index in [9.17, 15) is 4.79 Å². The fraction of sp³-hybridized carbons (Fsp3) is 0.250. The van der Waals surface area contributed by atoms with Crippen LogP contribution in [0, 0.1) is 6.92 Å². The second-order valence-corrected chi connectivity index (χ2v) is 7.40. The third-order valence-electron chi connectivity index (χ3n) is 3.40. The van der Waals surface area contributed by atoms with Crippen LogP contribution >= 0.6 is 22.9 Å². The van der Waals surface area contributed by atoms with Crippen molar-refractivity contribution in [3.05, 3.63) is 46.5 Å². The van der Waals surface area contributed by atoms with Gasteiger partial charge in [0.05, 0.1) is 24.1 Å². The van der Waals surface area contributed by atoms with Gasteiger partial charge < -0.3 is 4.90 Å². The monoisotopic (exact) mass is 359 g/mol. The van der Waals surface area contributed by atoms with Crippen molar-refractivity contribution in [1.29, 1.82) is 0 Å². The summed E-state index contributed by atoms with van der Waals surface area (Å²) >= 11 is 2.98. The molecule has 0 saturated heterocycles. The number of rotatable bonds is 4. The highest BCUT2D eigenvalue weighted by atomic mass is 32.1. The summed E-state index contributed by atoms with van der Waals surface area (Å²) in [7, 11) is 3.46. The van der Waals surface area contributed by atoms with Gasteiger partial charge in [0.1, 0.15) is 0 Å². The molecule has 8 heteroatoms. The zero-order valence-corrected chi connectivity index (χ0v) is 15.3. The number of carbonyl (C=O) groups is 1. The minimum atomic E-state index is -0.121. The van der Waals surface area contributed by atoms with E-state index in [-0.39, 0.29) is 6.03 Å². The molecule has 0 atom stereocenters. The molecule has 0 N–H and O–H groups in total. The average molecular weight is 359 g/mol. The molecule has 3 rings (SSSR count). The van der Waals surface area contributed by atoms with Gasteiger partial charge in [-0.1, -0.05) is 4.49 Å². The van der Waals surface area contributed by atoms with Gasteiger partial charge >= 0.3 is 6.03 Å². The smallest absolute Gasteiger partial charge is 0.324 e. The lowest BCUT2D eigenvalue weighted by molar-refractivity contribution is 0.223. The van der Waals surface area contributed by atoms with Crippen LogP contribution in [0.4, 0.5) is 10.5 Å². The van der Waals surface area contributed by atoms with Crippen LogP contribution in [-0.4, -0.2) is 39.6 Å². The Balaban J connectivity index is 1.96. The molecule has 0 bridgehead atoms. The first-order chi connectivity index (χ1) is 11.5. The minimum absolute atomic E-state index is 0.121. The van der Waals surface area contributed by atoms with E-state index < -0.39 is 0 Å². The Bertz CT molecular complexity index is 829. The summed E-state index contributed by atoms with van der Waals surface area (Å²) in [4.78, 5) is 22.5. The predicted octanol–water partition coefficient (Wildman–Crippen LogP) is 3.66. The van der Waals surface area contributed by atoms with Gasteiger partial charge in [-0.15, -0.1) is 16.4 Å². The van der Waals surface area contributed by atoms with Gasteiger partial charge in [0.25, 0.3) is 0 Å². The quantitative estimate of drug-likeness (QED) is 0.713. The number of aryl methyl sites for hydroxylation is 1. The third kappa shape index (κ3) is 3.60. The van der Waals surface area contributed by atoms with Gasteiger partial charge in [-0.2, -0.15) is 0 Å². The van der Waals surface area contributed by atoms with Crippen molar-refractivity contribution in [3.8, 4) is 10.4 Å². The molecule has 124 valence electrons. The van der Waals surface area contributed by atoms with Crippen molar-refractivity contribution in [3.63, 3.8) is 0 Å². The Morgan fingerprint density at radius 2 is 2.08 bits per heavy atom. The first-order valence-corrected chi connectivity index (χ1v) is 8.96. The van der Waals surface area contributed by atoms with Crippen LogP contribution in [0.25, 0.3) is 10.4 Å². The normalized spacial score (nSPS) is 10.6. The highest BCUT2D eigenvalue weighted by Gasteiger charge is 2.20. The van der Waals surface area contributed by atoms with Crippen LogP contribution in [0.1, 0.15) is 10.6 Å². The number of aromatic nitrogens is 3. The van der Waals surface area contributed by atoms with Crippen molar-refractivity contribution < 1.29 is 4.79 Å². The average Bonchev–Trinajstić information content (AvgIpc) is 3.23. The van der Waals surface area contributed by atoms with Crippen LogP contribution in [0.3, 0.4) is 0 Å². The molecule has 0 radical (unpaired) electrons.